The summed E-state index contributed by atoms with van der Waals surface area (Å²) in [6.07, 6.45) is 3.42. The lowest BCUT2D eigenvalue weighted by molar-refractivity contribution is -0.141. The summed E-state index contributed by atoms with van der Waals surface area (Å²) in [6.45, 7) is 2.34. The molecular formula is C24H27NO4S. The van der Waals surface area contributed by atoms with E-state index in [9.17, 15) is 14.7 Å². The second kappa shape index (κ2) is 9.13. The third-order valence-electron chi connectivity index (χ3n) is 5.98. The topological polar surface area (TPSA) is 66.8 Å². The molecule has 2 aliphatic rings. The number of fused-ring (bicyclic) bond motifs is 3. The molecule has 2 aromatic rings. The van der Waals surface area contributed by atoms with Gasteiger partial charge in [-0.3, -0.25) is 4.90 Å². The molecule has 5 nitrogen and oxygen atoms in total. The normalized spacial score (nSPS) is 20.1. The average Bonchev–Trinajstić information content (AvgIpc) is 3.32. The first kappa shape index (κ1) is 20.8. The maximum absolute atomic E-state index is 13.0. The fourth-order valence-corrected chi connectivity index (χ4v) is 5.89. The van der Waals surface area contributed by atoms with Crippen LogP contribution in [0.4, 0.5) is 4.79 Å². The van der Waals surface area contributed by atoms with E-state index in [0.717, 1.165) is 36.8 Å². The van der Waals surface area contributed by atoms with Crippen LogP contribution >= 0.6 is 11.8 Å². The summed E-state index contributed by atoms with van der Waals surface area (Å²) in [7, 11) is 0. The van der Waals surface area contributed by atoms with Crippen molar-refractivity contribution >= 4 is 23.8 Å². The SMILES string of the molecule is CCCCCC1SCC(C(=O)O)N1C(=O)OCC1c2ccccc2-c2ccccc21. The molecule has 1 N–H and O–H groups in total. The molecule has 1 saturated heterocycles. The molecule has 158 valence electrons. The van der Waals surface area contributed by atoms with E-state index in [1.54, 1.807) is 11.8 Å². The lowest BCUT2D eigenvalue weighted by Crippen LogP contribution is -2.46. The summed E-state index contributed by atoms with van der Waals surface area (Å²) in [5, 5.41) is 9.47. The maximum atomic E-state index is 13.0. The van der Waals surface area contributed by atoms with Crippen molar-refractivity contribution in [1.29, 1.82) is 0 Å². The lowest BCUT2D eigenvalue weighted by Gasteiger charge is -2.27. The highest BCUT2D eigenvalue weighted by Crippen LogP contribution is 2.44. The number of carboxylic acid groups (broad SMARTS) is 1. The van der Waals surface area contributed by atoms with Crippen LogP contribution in [0.3, 0.4) is 0 Å². The van der Waals surface area contributed by atoms with Gasteiger partial charge in [0.15, 0.2) is 0 Å². The van der Waals surface area contributed by atoms with Gasteiger partial charge in [0.2, 0.25) is 0 Å². The summed E-state index contributed by atoms with van der Waals surface area (Å²) in [4.78, 5) is 26.2. The number of carbonyl (C=O) groups is 2. The first-order valence-corrected chi connectivity index (χ1v) is 11.6. The number of aliphatic carboxylic acids is 1. The molecule has 2 unspecified atom stereocenters. The van der Waals surface area contributed by atoms with Crippen LogP contribution in [0.5, 0.6) is 0 Å². The first-order valence-electron chi connectivity index (χ1n) is 10.6. The van der Waals surface area contributed by atoms with Crippen molar-refractivity contribution in [3.8, 4) is 11.1 Å². The zero-order chi connectivity index (χ0) is 21.1. The van der Waals surface area contributed by atoms with E-state index in [2.05, 4.69) is 31.2 Å². The molecule has 1 aliphatic carbocycles. The van der Waals surface area contributed by atoms with Gasteiger partial charge < -0.3 is 9.84 Å². The van der Waals surface area contributed by atoms with Crippen LogP contribution < -0.4 is 0 Å². The number of thioether (sulfide) groups is 1. The minimum Gasteiger partial charge on any atom is -0.480 e. The van der Waals surface area contributed by atoms with Gasteiger partial charge >= 0.3 is 12.1 Å². The van der Waals surface area contributed by atoms with Crippen molar-refractivity contribution in [3.05, 3.63) is 59.7 Å². The number of unbranched alkanes of at least 4 members (excludes halogenated alkanes) is 2. The Morgan fingerprint density at radius 2 is 1.70 bits per heavy atom. The quantitative estimate of drug-likeness (QED) is 0.606. The van der Waals surface area contributed by atoms with E-state index in [0.29, 0.717) is 5.75 Å². The predicted octanol–water partition coefficient (Wildman–Crippen LogP) is 5.34. The summed E-state index contributed by atoms with van der Waals surface area (Å²) in [5.74, 6) is -0.580. The van der Waals surface area contributed by atoms with Gasteiger partial charge in [-0.15, -0.1) is 11.8 Å². The second-order valence-electron chi connectivity index (χ2n) is 7.85. The van der Waals surface area contributed by atoms with Crippen molar-refractivity contribution < 1.29 is 19.4 Å². The predicted molar refractivity (Wildman–Crippen MR) is 119 cm³/mol. The van der Waals surface area contributed by atoms with E-state index in [1.807, 2.05) is 24.3 Å². The van der Waals surface area contributed by atoms with E-state index in [4.69, 9.17) is 4.74 Å². The Morgan fingerprint density at radius 3 is 2.30 bits per heavy atom. The Hall–Kier alpha value is -2.47. The van der Waals surface area contributed by atoms with E-state index in [-0.39, 0.29) is 17.9 Å². The molecule has 2 atom stereocenters. The zero-order valence-corrected chi connectivity index (χ0v) is 17.9. The van der Waals surface area contributed by atoms with Crippen LogP contribution in [0.2, 0.25) is 0 Å². The molecule has 4 rings (SSSR count). The van der Waals surface area contributed by atoms with Crippen LogP contribution in [0.1, 0.15) is 49.7 Å². The number of ether oxygens (including phenoxy) is 1. The van der Waals surface area contributed by atoms with Crippen LogP contribution in [0.25, 0.3) is 11.1 Å². The van der Waals surface area contributed by atoms with Gasteiger partial charge in [0.1, 0.15) is 12.6 Å². The van der Waals surface area contributed by atoms with Gasteiger partial charge in [-0.2, -0.15) is 0 Å². The smallest absolute Gasteiger partial charge is 0.411 e. The molecule has 1 aliphatic heterocycles. The Balaban J connectivity index is 1.50. The first-order chi connectivity index (χ1) is 14.6. The van der Waals surface area contributed by atoms with E-state index < -0.39 is 18.1 Å². The molecule has 30 heavy (non-hydrogen) atoms. The van der Waals surface area contributed by atoms with Gasteiger partial charge in [0, 0.05) is 11.7 Å². The fourth-order valence-electron chi connectivity index (χ4n) is 4.46. The summed E-state index contributed by atoms with van der Waals surface area (Å²) < 4.78 is 5.75. The van der Waals surface area contributed by atoms with Crippen molar-refractivity contribution in [2.24, 2.45) is 0 Å². The highest BCUT2D eigenvalue weighted by Gasteiger charge is 2.42. The molecule has 0 radical (unpaired) electrons. The van der Waals surface area contributed by atoms with Crippen molar-refractivity contribution in [3.63, 3.8) is 0 Å². The van der Waals surface area contributed by atoms with Crippen LogP contribution in [-0.4, -0.2) is 45.8 Å². The van der Waals surface area contributed by atoms with E-state index in [1.165, 1.54) is 16.0 Å². The number of hydrogen-bond donors (Lipinski definition) is 1. The van der Waals surface area contributed by atoms with Gasteiger partial charge in [0.05, 0.1) is 5.37 Å². The third-order valence-corrected chi connectivity index (χ3v) is 7.33. The van der Waals surface area contributed by atoms with Gasteiger partial charge in [-0.05, 0) is 28.7 Å². The molecule has 1 amide bonds. The number of nitrogens with zero attached hydrogens (tertiary/aromatic N) is 1. The van der Waals surface area contributed by atoms with Crippen molar-refractivity contribution in [1.82, 2.24) is 4.90 Å². The second-order valence-corrected chi connectivity index (χ2v) is 9.06. The number of benzene rings is 2. The van der Waals surface area contributed by atoms with Crippen molar-refractivity contribution in [2.75, 3.05) is 12.4 Å². The molecular weight excluding hydrogens is 398 g/mol. The van der Waals surface area contributed by atoms with Crippen LogP contribution in [0, 0.1) is 0 Å². The average molecular weight is 426 g/mol. The molecule has 6 heteroatoms. The Morgan fingerprint density at radius 1 is 1.07 bits per heavy atom. The van der Waals surface area contributed by atoms with Crippen LogP contribution in [-0.2, 0) is 9.53 Å². The minimum absolute atomic E-state index is 0.0292. The molecule has 0 bridgehead atoms. The van der Waals surface area contributed by atoms with E-state index >= 15 is 0 Å². The highest BCUT2D eigenvalue weighted by molar-refractivity contribution is 8.00. The van der Waals surface area contributed by atoms with Crippen molar-refractivity contribution in [2.45, 2.75) is 49.9 Å². The number of carbonyl (C=O) groups excluding carboxylic acids is 1. The Bertz CT molecular complexity index is 885. The van der Waals surface area contributed by atoms with Gasteiger partial charge in [0.25, 0.3) is 0 Å². The number of hydrogen-bond acceptors (Lipinski definition) is 4. The molecule has 0 saturated carbocycles. The number of amides is 1. The third kappa shape index (κ3) is 3.93. The molecule has 2 aromatic carbocycles. The Kier molecular flexibility index (Phi) is 6.32. The molecule has 1 heterocycles. The largest absolute Gasteiger partial charge is 0.480 e. The highest BCUT2D eigenvalue weighted by atomic mass is 32.2. The zero-order valence-electron chi connectivity index (χ0n) is 17.1. The summed E-state index contributed by atoms with van der Waals surface area (Å²) in [6, 6.07) is 15.6. The maximum Gasteiger partial charge on any atom is 0.411 e. The Labute approximate surface area is 181 Å². The fraction of sp³-hybridized carbons (Fsp3) is 0.417. The lowest BCUT2D eigenvalue weighted by atomic mass is 9.98. The summed E-state index contributed by atoms with van der Waals surface area (Å²) >= 11 is 1.55. The number of carboxylic acids is 1. The molecule has 0 aromatic heterocycles. The summed E-state index contributed by atoms with van der Waals surface area (Å²) in [5.41, 5.74) is 4.65. The van der Waals surface area contributed by atoms with Crippen LogP contribution in [0.15, 0.2) is 48.5 Å². The molecule has 0 spiro atoms. The molecule has 1 fully saturated rings. The minimum atomic E-state index is -0.964. The standard InChI is InChI=1S/C24H27NO4S/c1-2-3-4-13-22-25(21(15-30-22)23(26)27)24(28)29-14-20-18-11-7-5-9-16(18)17-10-6-8-12-19(17)20/h5-12,20-22H,2-4,13-15H2,1H3,(H,26,27). The number of rotatable bonds is 7. The van der Waals surface area contributed by atoms with Gasteiger partial charge in [-0.1, -0.05) is 74.7 Å². The van der Waals surface area contributed by atoms with Gasteiger partial charge in [-0.25, -0.2) is 9.59 Å². The monoisotopic (exact) mass is 425 g/mol.